The van der Waals surface area contributed by atoms with Crippen molar-refractivity contribution in [3.05, 3.63) is 88.1 Å². The van der Waals surface area contributed by atoms with Gasteiger partial charge in [-0.2, -0.15) is 5.10 Å². The molecule has 0 saturated heterocycles. The van der Waals surface area contributed by atoms with Crippen LogP contribution in [-0.2, 0) is 24.2 Å². The van der Waals surface area contributed by atoms with Crippen molar-refractivity contribution in [2.24, 2.45) is 0 Å². The maximum atomic E-state index is 13.0. The van der Waals surface area contributed by atoms with Crippen molar-refractivity contribution in [3.63, 3.8) is 0 Å². The van der Waals surface area contributed by atoms with Gasteiger partial charge in [0.05, 0.1) is 11.1 Å². The first-order valence-corrected chi connectivity index (χ1v) is 11.3. The summed E-state index contributed by atoms with van der Waals surface area (Å²) in [5.74, 6) is -0.471. The van der Waals surface area contributed by atoms with E-state index < -0.39 is 0 Å². The van der Waals surface area contributed by atoms with Crippen LogP contribution in [0.2, 0.25) is 0 Å². The molecule has 4 aromatic rings. The van der Waals surface area contributed by atoms with E-state index >= 15 is 0 Å². The van der Waals surface area contributed by atoms with Crippen LogP contribution in [0.25, 0.3) is 10.9 Å². The Kier molecular flexibility index (Phi) is 5.53. The molecule has 0 spiro atoms. The number of carbonyl (C=O) groups excluding carboxylic acids is 2. The number of phenolic OH excluding ortho intramolecular Hbond substituents is 1. The number of nitrogens with one attached hydrogen (secondary N) is 2. The van der Waals surface area contributed by atoms with Gasteiger partial charge in [-0.15, -0.1) is 0 Å². The molecule has 5 rings (SSSR count). The zero-order valence-corrected chi connectivity index (χ0v) is 19.2. The highest BCUT2D eigenvalue weighted by atomic mass is 16.3. The highest BCUT2D eigenvalue weighted by Gasteiger charge is 2.22. The van der Waals surface area contributed by atoms with Crippen LogP contribution in [-0.4, -0.2) is 33.7 Å². The molecule has 0 bridgehead atoms. The Bertz CT molecular complexity index is 1420. The van der Waals surface area contributed by atoms with E-state index in [9.17, 15) is 14.7 Å². The summed E-state index contributed by atoms with van der Waals surface area (Å²) in [5, 5.41) is 21.5. The summed E-state index contributed by atoms with van der Waals surface area (Å²) < 4.78 is 0. The molecule has 0 radical (unpaired) electrons. The Balaban J connectivity index is 1.36. The Hall–Kier alpha value is -4.13. The first-order chi connectivity index (χ1) is 16.4. The average Bonchev–Trinajstić information content (AvgIpc) is 3.40. The second-order valence-corrected chi connectivity index (χ2v) is 8.82. The number of carbonyl (C=O) groups is 2. The van der Waals surface area contributed by atoms with Crippen molar-refractivity contribution >= 4 is 28.4 Å². The minimum atomic E-state index is -0.369. The molecule has 0 atom stereocenters. The summed E-state index contributed by atoms with van der Waals surface area (Å²) in [7, 11) is 0. The number of rotatable bonds is 5. The number of nitrogens with zero attached hydrogens (tertiary/aromatic N) is 2. The molecule has 1 aliphatic heterocycles. The number of H-pyrrole nitrogens is 1. The lowest BCUT2D eigenvalue weighted by Crippen LogP contribution is -2.26. The van der Waals surface area contributed by atoms with Crippen molar-refractivity contribution < 1.29 is 14.7 Å². The van der Waals surface area contributed by atoms with Crippen LogP contribution < -0.4 is 10.2 Å². The quantitative estimate of drug-likeness (QED) is 0.424. The predicted molar refractivity (Wildman–Crippen MR) is 131 cm³/mol. The second-order valence-electron chi connectivity index (χ2n) is 8.82. The van der Waals surface area contributed by atoms with E-state index in [0.29, 0.717) is 18.5 Å². The van der Waals surface area contributed by atoms with E-state index in [4.69, 9.17) is 0 Å². The largest absolute Gasteiger partial charge is 0.507 e. The van der Waals surface area contributed by atoms with Crippen molar-refractivity contribution in [3.8, 4) is 5.75 Å². The Morgan fingerprint density at radius 2 is 1.97 bits per heavy atom. The normalized spacial score (nSPS) is 12.7. The van der Waals surface area contributed by atoms with Gasteiger partial charge in [0.2, 0.25) is 5.91 Å². The van der Waals surface area contributed by atoms with Gasteiger partial charge < -0.3 is 15.3 Å². The number of aromatic nitrogens is 2. The Labute approximate surface area is 197 Å². The molecule has 0 fully saturated rings. The van der Waals surface area contributed by atoms with Crippen molar-refractivity contribution in [1.29, 1.82) is 0 Å². The van der Waals surface area contributed by atoms with E-state index in [-0.39, 0.29) is 29.7 Å². The molecule has 0 saturated carbocycles. The lowest BCUT2D eigenvalue weighted by molar-refractivity contribution is -0.116. The third-order valence-electron chi connectivity index (χ3n) is 6.34. The summed E-state index contributed by atoms with van der Waals surface area (Å²) in [6, 6.07) is 17.4. The Morgan fingerprint density at radius 3 is 2.76 bits per heavy atom. The minimum absolute atomic E-state index is 0.0136. The molecular weight excluding hydrogens is 428 g/mol. The van der Waals surface area contributed by atoms with E-state index in [1.165, 1.54) is 11.6 Å². The molecule has 1 aliphatic rings. The number of hydrogen-bond donors (Lipinski definition) is 3. The van der Waals surface area contributed by atoms with E-state index in [1.807, 2.05) is 37.3 Å². The standard InChI is InChI=1S/C27H26N4O3/c1-16-4-3-5-18(10-16)11-23-21-13-22(26(33)14-24(21)30-29-23)27(34)28-15-19-6-7-20-8-9-31(17(2)32)25(20)12-19/h3-7,10,12-14,33H,8-9,11,15H2,1-2H3,(H,28,34)(H,29,30). The number of aromatic hydroxyl groups is 1. The average molecular weight is 455 g/mol. The van der Waals surface area contributed by atoms with Gasteiger partial charge in [-0.05, 0) is 42.2 Å². The van der Waals surface area contributed by atoms with Gasteiger partial charge in [0, 0.05) is 49.3 Å². The van der Waals surface area contributed by atoms with Crippen molar-refractivity contribution in [1.82, 2.24) is 15.5 Å². The van der Waals surface area contributed by atoms with Gasteiger partial charge in [-0.25, -0.2) is 0 Å². The topological polar surface area (TPSA) is 98.3 Å². The molecule has 172 valence electrons. The summed E-state index contributed by atoms with van der Waals surface area (Å²) in [4.78, 5) is 26.6. The molecule has 7 heteroatoms. The first-order valence-electron chi connectivity index (χ1n) is 11.3. The number of benzene rings is 3. The fourth-order valence-electron chi connectivity index (χ4n) is 4.58. The molecular formula is C27H26N4O3. The fraction of sp³-hybridized carbons (Fsp3) is 0.222. The SMILES string of the molecule is CC(=O)N1CCc2ccc(CNC(=O)c3cc4c(Cc5cccc(C)c5)[nH]nc4cc3O)cc21. The van der Waals surface area contributed by atoms with Crippen LogP contribution in [0.1, 0.15) is 45.2 Å². The summed E-state index contributed by atoms with van der Waals surface area (Å²) in [6.45, 7) is 4.58. The number of fused-ring (bicyclic) bond motifs is 2. The van der Waals surface area contributed by atoms with E-state index in [2.05, 4.69) is 27.6 Å². The third kappa shape index (κ3) is 4.12. The number of phenols is 1. The molecule has 7 nitrogen and oxygen atoms in total. The second kappa shape index (κ2) is 8.67. The molecule has 3 aromatic carbocycles. The van der Waals surface area contributed by atoms with Gasteiger partial charge in [0.15, 0.2) is 0 Å². The lowest BCUT2D eigenvalue weighted by Gasteiger charge is -2.16. The fourth-order valence-corrected chi connectivity index (χ4v) is 4.58. The molecule has 2 amide bonds. The minimum Gasteiger partial charge on any atom is -0.507 e. The van der Waals surface area contributed by atoms with Crippen LogP contribution in [0.5, 0.6) is 5.75 Å². The highest BCUT2D eigenvalue weighted by molar-refractivity contribution is 6.01. The summed E-state index contributed by atoms with van der Waals surface area (Å²) in [6.07, 6.45) is 1.48. The number of anilines is 1. The zero-order chi connectivity index (χ0) is 23.8. The van der Waals surface area contributed by atoms with Gasteiger partial charge in [-0.1, -0.05) is 42.0 Å². The molecule has 3 N–H and O–H groups in total. The third-order valence-corrected chi connectivity index (χ3v) is 6.34. The van der Waals surface area contributed by atoms with Gasteiger partial charge in [0.1, 0.15) is 5.75 Å². The van der Waals surface area contributed by atoms with Gasteiger partial charge in [0.25, 0.3) is 5.91 Å². The zero-order valence-electron chi connectivity index (χ0n) is 19.2. The molecule has 34 heavy (non-hydrogen) atoms. The Morgan fingerprint density at radius 1 is 1.12 bits per heavy atom. The van der Waals surface area contributed by atoms with Gasteiger partial charge in [-0.3, -0.25) is 14.7 Å². The first kappa shape index (κ1) is 21.7. The van der Waals surface area contributed by atoms with Gasteiger partial charge >= 0.3 is 0 Å². The van der Waals surface area contributed by atoms with Crippen LogP contribution in [0.15, 0.2) is 54.6 Å². The van der Waals surface area contributed by atoms with E-state index in [0.717, 1.165) is 39.9 Å². The lowest BCUT2D eigenvalue weighted by atomic mass is 10.0. The molecule has 0 unspecified atom stereocenters. The van der Waals surface area contributed by atoms with Crippen LogP contribution in [0.3, 0.4) is 0 Å². The number of aromatic amines is 1. The predicted octanol–water partition coefficient (Wildman–Crippen LogP) is 4.01. The van der Waals surface area contributed by atoms with E-state index in [1.54, 1.807) is 17.9 Å². The molecule has 1 aromatic heterocycles. The maximum Gasteiger partial charge on any atom is 0.255 e. The van der Waals surface area contributed by atoms with Crippen LogP contribution in [0, 0.1) is 6.92 Å². The number of aryl methyl sites for hydroxylation is 1. The van der Waals surface area contributed by atoms with Crippen molar-refractivity contribution in [2.75, 3.05) is 11.4 Å². The van der Waals surface area contributed by atoms with Crippen LogP contribution >= 0.6 is 0 Å². The smallest absolute Gasteiger partial charge is 0.255 e. The number of amides is 2. The number of hydrogen-bond acceptors (Lipinski definition) is 4. The summed E-state index contributed by atoms with van der Waals surface area (Å²) >= 11 is 0. The molecule has 2 heterocycles. The maximum absolute atomic E-state index is 13.0. The monoisotopic (exact) mass is 454 g/mol. The highest BCUT2D eigenvalue weighted by Crippen LogP contribution is 2.30. The van der Waals surface area contributed by atoms with Crippen LogP contribution in [0.4, 0.5) is 5.69 Å². The van der Waals surface area contributed by atoms with Crippen molar-refractivity contribution in [2.45, 2.75) is 33.2 Å². The molecule has 0 aliphatic carbocycles. The summed E-state index contributed by atoms with van der Waals surface area (Å²) in [5.41, 5.74) is 6.95.